The monoisotopic (exact) mass is 321 g/mol. The van der Waals surface area contributed by atoms with E-state index in [1.807, 2.05) is 6.08 Å². The van der Waals surface area contributed by atoms with E-state index in [1.54, 1.807) is 12.3 Å². The molecule has 0 aliphatic carbocycles. The van der Waals surface area contributed by atoms with Crippen LogP contribution in [0.15, 0.2) is 30.5 Å². The van der Waals surface area contributed by atoms with E-state index < -0.39 is 6.09 Å². The minimum absolute atomic E-state index is 0.0189. The van der Waals surface area contributed by atoms with E-state index in [-0.39, 0.29) is 23.5 Å². The second-order valence-corrected chi connectivity index (χ2v) is 6.77. The van der Waals surface area contributed by atoms with Gasteiger partial charge in [0.15, 0.2) is 11.5 Å². The van der Waals surface area contributed by atoms with Gasteiger partial charge in [0, 0.05) is 12.6 Å². The number of phenols is 2. The third-order valence-corrected chi connectivity index (χ3v) is 3.33. The molecule has 128 valence electrons. The van der Waals surface area contributed by atoms with Crippen LogP contribution in [0.3, 0.4) is 0 Å². The number of aromatic hydroxyl groups is 2. The average molecular weight is 321 g/mol. The Hall–Kier alpha value is -2.17. The van der Waals surface area contributed by atoms with Crippen LogP contribution in [0.2, 0.25) is 0 Å². The third kappa shape index (κ3) is 7.58. The minimum atomic E-state index is -0.510. The van der Waals surface area contributed by atoms with Crippen molar-refractivity contribution in [3.8, 4) is 11.5 Å². The van der Waals surface area contributed by atoms with Crippen LogP contribution in [0.25, 0.3) is 0 Å². The highest BCUT2D eigenvalue weighted by Crippen LogP contribution is 2.26. The fraction of sp³-hybridized carbons (Fsp3) is 0.500. The first-order valence-electron chi connectivity index (χ1n) is 7.81. The van der Waals surface area contributed by atoms with Crippen LogP contribution in [0.5, 0.6) is 11.5 Å². The van der Waals surface area contributed by atoms with Gasteiger partial charge in [-0.15, -0.1) is 0 Å². The molecule has 0 spiro atoms. The normalized spacial score (nSPS) is 11.9. The van der Waals surface area contributed by atoms with Gasteiger partial charge in [0.05, 0.1) is 6.61 Å². The van der Waals surface area contributed by atoms with Gasteiger partial charge >= 0.3 is 6.09 Å². The van der Waals surface area contributed by atoms with Crippen LogP contribution in [-0.2, 0) is 11.2 Å². The van der Waals surface area contributed by atoms with Gasteiger partial charge in [0.1, 0.15) is 0 Å². The molecular formula is C18H27NO4. The van der Waals surface area contributed by atoms with E-state index in [4.69, 9.17) is 4.74 Å². The Morgan fingerprint density at radius 3 is 2.61 bits per heavy atom. The van der Waals surface area contributed by atoms with Crippen LogP contribution in [-0.4, -0.2) is 22.9 Å². The number of carbonyl (C=O) groups excluding carboxylic acids is 1. The largest absolute Gasteiger partial charge is 0.504 e. The molecule has 0 radical (unpaired) electrons. The number of benzene rings is 1. The first kappa shape index (κ1) is 18.9. The summed E-state index contributed by atoms with van der Waals surface area (Å²) in [5.41, 5.74) is 0.798. The molecule has 0 fully saturated rings. The van der Waals surface area contributed by atoms with E-state index in [9.17, 15) is 15.0 Å². The highest BCUT2D eigenvalue weighted by atomic mass is 16.5. The van der Waals surface area contributed by atoms with E-state index in [2.05, 4.69) is 33.0 Å². The summed E-state index contributed by atoms with van der Waals surface area (Å²) in [5.74, 6) is 0.243. The number of hydrogen-bond donors (Lipinski definition) is 3. The van der Waals surface area contributed by atoms with Crippen LogP contribution in [0.4, 0.5) is 4.79 Å². The second-order valence-electron chi connectivity index (χ2n) is 6.77. The van der Waals surface area contributed by atoms with Gasteiger partial charge in [-0.2, -0.15) is 0 Å². The highest BCUT2D eigenvalue weighted by molar-refractivity contribution is 5.68. The Labute approximate surface area is 138 Å². The number of hydrogen-bond acceptors (Lipinski definition) is 4. The lowest BCUT2D eigenvalue weighted by molar-refractivity contribution is 0.151. The number of phenolic OH excluding ortho intramolecular Hbond substituents is 2. The second kappa shape index (κ2) is 8.46. The maximum atomic E-state index is 11.6. The highest BCUT2D eigenvalue weighted by Gasteiger charge is 2.15. The van der Waals surface area contributed by atoms with Crippen molar-refractivity contribution in [1.29, 1.82) is 0 Å². The molecule has 1 rings (SSSR count). The first-order chi connectivity index (χ1) is 10.7. The van der Waals surface area contributed by atoms with Crippen LogP contribution in [0, 0.1) is 11.3 Å². The smallest absolute Gasteiger partial charge is 0.411 e. The fourth-order valence-corrected chi connectivity index (χ4v) is 2.48. The summed E-state index contributed by atoms with van der Waals surface area (Å²) in [7, 11) is 0. The number of nitrogens with one attached hydrogen (secondary N) is 1. The van der Waals surface area contributed by atoms with Crippen molar-refractivity contribution in [3.05, 3.63) is 36.0 Å². The van der Waals surface area contributed by atoms with Gasteiger partial charge in [0.2, 0.25) is 0 Å². The average Bonchev–Trinajstić information content (AvgIpc) is 2.41. The summed E-state index contributed by atoms with van der Waals surface area (Å²) in [6, 6.07) is 4.53. The Balaban J connectivity index is 2.33. The molecule has 1 aromatic rings. The van der Waals surface area contributed by atoms with E-state index in [0.717, 1.165) is 12.0 Å². The summed E-state index contributed by atoms with van der Waals surface area (Å²) in [6.07, 6.45) is 4.57. The van der Waals surface area contributed by atoms with Gasteiger partial charge in [-0.3, -0.25) is 5.32 Å². The third-order valence-electron chi connectivity index (χ3n) is 3.33. The van der Waals surface area contributed by atoms with E-state index in [0.29, 0.717) is 12.3 Å². The maximum Gasteiger partial charge on any atom is 0.411 e. The molecule has 0 bridgehead atoms. The SMILES string of the molecule is CC(C)CC(C)(C)/C=C\NC(=O)OCCc1ccc(O)c(O)c1. The lowest BCUT2D eigenvalue weighted by Crippen LogP contribution is -2.21. The van der Waals surface area contributed by atoms with Crippen LogP contribution < -0.4 is 5.32 Å². The van der Waals surface area contributed by atoms with Gasteiger partial charge in [-0.25, -0.2) is 4.79 Å². The molecule has 0 unspecified atom stereocenters. The number of allylic oxidation sites excluding steroid dienone is 1. The zero-order chi connectivity index (χ0) is 17.5. The number of ether oxygens (including phenoxy) is 1. The zero-order valence-electron chi connectivity index (χ0n) is 14.3. The fourth-order valence-electron chi connectivity index (χ4n) is 2.48. The van der Waals surface area contributed by atoms with Crippen molar-refractivity contribution in [2.45, 2.75) is 40.5 Å². The number of alkyl carbamates (subject to hydrolysis) is 1. The molecule has 0 aliphatic rings. The van der Waals surface area contributed by atoms with Crippen LogP contribution >= 0.6 is 0 Å². The van der Waals surface area contributed by atoms with Crippen LogP contribution in [0.1, 0.15) is 39.7 Å². The van der Waals surface area contributed by atoms with E-state index in [1.165, 1.54) is 12.1 Å². The molecular weight excluding hydrogens is 294 g/mol. The molecule has 0 heterocycles. The standard InChI is InChI=1S/C18H27NO4/c1-13(2)12-18(3,4)8-9-19-17(22)23-10-7-14-5-6-15(20)16(21)11-14/h5-6,8-9,11,13,20-21H,7,10,12H2,1-4H3,(H,19,22)/b9-8-. The molecule has 0 atom stereocenters. The minimum Gasteiger partial charge on any atom is -0.504 e. The quantitative estimate of drug-likeness (QED) is 0.664. The molecule has 0 aliphatic heterocycles. The molecule has 0 aromatic heterocycles. The van der Waals surface area contributed by atoms with E-state index >= 15 is 0 Å². The predicted molar refractivity (Wildman–Crippen MR) is 90.3 cm³/mol. The lowest BCUT2D eigenvalue weighted by Gasteiger charge is -2.22. The first-order valence-corrected chi connectivity index (χ1v) is 7.81. The van der Waals surface area contributed by atoms with Gasteiger partial charge < -0.3 is 14.9 Å². The Morgan fingerprint density at radius 2 is 2.00 bits per heavy atom. The van der Waals surface area contributed by atoms with Crippen molar-refractivity contribution in [2.75, 3.05) is 6.61 Å². The van der Waals surface area contributed by atoms with Gasteiger partial charge in [-0.05, 0) is 35.4 Å². The molecule has 0 saturated heterocycles. The lowest BCUT2D eigenvalue weighted by atomic mass is 9.84. The maximum absolute atomic E-state index is 11.6. The molecule has 1 aromatic carbocycles. The molecule has 3 N–H and O–H groups in total. The number of carbonyl (C=O) groups is 1. The van der Waals surface area contributed by atoms with Crippen molar-refractivity contribution in [3.63, 3.8) is 0 Å². The number of rotatable bonds is 7. The van der Waals surface area contributed by atoms with Gasteiger partial charge in [-0.1, -0.05) is 39.8 Å². The van der Waals surface area contributed by atoms with Crippen molar-refractivity contribution < 1.29 is 19.7 Å². The van der Waals surface area contributed by atoms with Crippen molar-refractivity contribution in [1.82, 2.24) is 5.32 Å². The predicted octanol–water partition coefficient (Wildman–Crippen LogP) is 3.95. The zero-order valence-corrected chi connectivity index (χ0v) is 14.3. The summed E-state index contributed by atoms with van der Waals surface area (Å²) < 4.78 is 5.07. The van der Waals surface area contributed by atoms with Crippen molar-refractivity contribution >= 4 is 6.09 Å². The molecule has 5 heteroatoms. The molecule has 23 heavy (non-hydrogen) atoms. The Morgan fingerprint density at radius 1 is 1.30 bits per heavy atom. The topological polar surface area (TPSA) is 78.8 Å². The summed E-state index contributed by atoms with van der Waals surface area (Å²) in [6.45, 7) is 8.76. The Kier molecular flexibility index (Phi) is 6.94. The van der Waals surface area contributed by atoms with Crippen molar-refractivity contribution in [2.24, 2.45) is 11.3 Å². The molecule has 5 nitrogen and oxygen atoms in total. The summed E-state index contributed by atoms with van der Waals surface area (Å²) in [5, 5.41) is 21.2. The summed E-state index contributed by atoms with van der Waals surface area (Å²) in [4.78, 5) is 11.6. The molecule has 1 amide bonds. The molecule has 0 saturated carbocycles. The number of amides is 1. The summed E-state index contributed by atoms with van der Waals surface area (Å²) >= 11 is 0. The Bertz CT molecular complexity index is 550. The van der Waals surface area contributed by atoms with Gasteiger partial charge in [0.25, 0.3) is 0 Å².